The lowest BCUT2D eigenvalue weighted by Crippen LogP contribution is -2.48. The summed E-state index contributed by atoms with van der Waals surface area (Å²) < 4.78 is 29.7. The summed E-state index contributed by atoms with van der Waals surface area (Å²) in [4.78, 5) is 4.20. The Morgan fingerprint density at radius 1 is 1.19 bits per heavy atom. The van der Waals surface area contributed by atoms with Gasteiger partial charge in [0.15, 0.2) is 0 Å². The van der Waals surface area contributed by atoms with Crippen molar-refractivity contribution in [3.63, 3.8) is 0 Å². The van der Waals surface area contributed by atoms with Crippen molar-refractivity contribution in [2.45, 2.75) is 26.2 Å². The number of benzene rings is 2. The van der Waals surface area contributed by atoms with E-state index in [2.05, 4.69) is 9.71 Å². The van der Waals surface area contributed by atoms with Gasteiger partial charge in [-0.15, -0.1) is 0 Å². The molecule has 9 heteroatoms. The summed E-state index contributed by atoms with van der Waals surface area (Å²) in [6.07, 6.45) is 0.728. The highest BCUT2D eigenvalue weighted by Gasteiger charge is 2.33. The molecule has 2 aromatic rings. The largest absolute Gasteiger partial charge is 0.303 e. The average molecular weight is 462 g/mol. The number of nitrogens with one attached hydrogen (secondary N) is 1. The Morgan fingerprint density at radius 2 is 1.87 bits per heavy atom. The Balaban J connectivity index is 1.94. The van der Waals surface area contributed by atoms with Crippen LogP contribution in [-0.4, -0.2) is 56.1 Å². The van der Waals surface area contributed by atoms with Gasteiger partial charge in [-0.25, -0.2) is 9.73 Å². The van der Waals surface area contributed by atoms with E-state index in [-0.39, 0.29) is 11.9 Å². The predicted octanol–water partition coefficient (Wildman–Crippen LogP) is 3.70. The first-order valence-corrected chi connectivity index (χ1v) is 12.1. The highest BCUT2D eigenvalue weighted by atomic mass is 35.5. The van der Waals surface area contributed by atoms with Crippen LogP contribution in [0, 0.1) is 0 Å². The van der Waals surface area contributed by atoms with Crippen molar-refractivity contribution in [2.75, 3.05) is 26.7 Å². The van der Waals surface area contributed by atoms with Gasteiger partial charge >= 0.3 is 10.2 Å². The maximum Gasteiger partial charge on any atom is 0.303 e. The fourth-order valence-electron chi connectivity index (χ4n) is 3.55. The standard InChI is InChI=1S/C22H28ClN5O2S/c1-4-15-27(5-2)31(29,30)26-22(24-3)28-16-20(17-9-7-6-8-10-17)21(25-28)18-11-13-19(23)14-12-18/h6-14,20H,4-5,15-16H2,1-3H3,(H,24,26). The first-order valence-electron chi connectivity index (χ1n) is 10.3. The third-order valence-electron chi connectivity index (χ3n) is 5.10. The first-order chi connectivity index (χ1) is 14.9. The van der Waals surface area contributed by atoms with E-state index < -0.39 is 10.2 Å². The van der Waals surface area contributed by atoms with Crippen LogP contribution < -0.4 is 4.72 Å². The van der Waals surface area contributed by atoms with E-state index >= 15 is 0 Å². The van der Waals surface area contributed by atoms with E-state index in [1.165, 1.54) is 4.31 Å². The van der Waals surface area contributed by atoms with Crippen molar-refractivity contribution in [3.8, 4) is 0 Å². The summed E-state index contributed by atoms with van der Waals surface area (Å²) in [5.74, 6) is 0.154. The van der Waals surface area contributed by atoms with Crippen molar-refractivity contribution in [1.29, 1.82) is 0 Å². The minimum absolute atomic E-state index is 0.0402. The molecule has 1 atom stereocenters. The van der Waals surface area contributed by atoms with Gasteiger partial charge in [0, 0.05) is 31.1 Å². The summed E-state index contributed by atoms with van der Waals surface area (Å²) in [5, 5.41) is 7.03. The Kier molecular flexibility index (Phi) is 7.69. The molecule has 0 aromatic heterocycles. The topological polar surface area (TPSA) is 77.4 Å². The van der Waals surface area contributed by atoms with Crippen molar-refractivity contribution in [2.24, 2.45) is 10.1 Å². The maximum absolute atomic E-state index is 12.9. The molecule has 0 saturated carbocycles. The van der Waals surface area contributed by atoms with Gasteiger partial charge in [0.05, 0.1) is 12.3 Å². The van der Waals surface area contributed by atoms with Gasteiger partial charge in [-0.05, 0) is 29.7 Å². The van der Waals surface area contributed by atoms with Gasteiger partial charge in [0.25, 0.3) is 0 Å². The molecule has 0 radical (unpaired) electrons. The fraction of sp³-hybridized carbons (Fsp3) is 0.364. The molecule has 0 fully saturated rings. The molecule has 1 unspecified atom stereocenters. The zero-order chi connectivity index (χ0) is 22.4. The average Bonchev–Trinajstić information content (AvgIpc) is 3.22. The number of halogens is 1. The second kappa shape index (κ2) is 10.3. The minimum atomic E-state index is -3.73. The number of hydrogen-bond acceptors (Lipinski definition) is 4. The molecule has 166 valence electrons. The van der Waals surface area contributed by atoms with Crippen LogP contribution in [-0.2, 0) is 10.2 Å². The monoisotopic (exact) mass is 461 g/mol. The molecule has 0 spiro atoms. The fourth-order valence-corrected chi connectivity index (χ4v) is 5.00. The summed E-state index contributed by atoms with van der Waals surface area (Å²) in [5.41, 5.74) is 2.86. The molecular formula is C22H28ClN5O2S. The highest BCUT2D eigenvalue weighted by molar-refractivity contribution is 7.87. The van der Waals surface area contributed by atoms with Gasteiger partial charge in [-0.1, -0.05) is 67.9 Å². The Bertz CT molecular complexity index is 1040. The molecule has 1 aliphatic rings. The number of aliphatic imine (C=N–C) groups is 1. The van der Waals surface area contributed by atoms with Crippen LogP contribution in [0.4, 0.5) is 0 Å². The minimum Gasteiger partial charge on any atom is -0.254 e. The Labute approximate surface area is 189 Å². The number of guanidine groups is 1. The van der Waals surface area contributed by atoms with Crippen LogP contribution in [0.1, 0.15) is 37.3 Å². The third-order valence-corrected chi connectivity index (χ3v) is 6.91. The molecule has 1 aliphatic heterocycles. The lowest BCUT2D eigenvalue weighted by atomic mass is 9.91. The number of rotatable bonds is 7. The van der Waals surface area contributed by atoms with E-state index in [9.17, 15) is 8.42 Å². The maximum atomic E-state index is 12.9. The molecule has 3 rings (SSSR count). The first kappa shape index (κ1) is 23.2. The van der Waals surface area contributed by atoms with Gasteiger partial charge in [0.2, 0.25) is 5.96 Å². The normalized spacial score (nSPS) is 17.2. The van der Waals surface area contributed by atoms with Gasteiger partial charge in [-0.3, -0.25) is 4.99 Å². The highest BCUT2D eigenvalue weighted by Crippen LogP contribution is 2.29. The molecule has 0 saturated heterocycles. The van der Waals surface area contributed by atoms with Crippen molar-refractivity contribution in [3.05, 3.63) is 70.7 Å². The zero-order valence-electron chi connectivity index (χ0n) is 18.0. The van der Waals surface area contributed by atoms with Gasteiger partial charge in [-0.2, -0.15) is 17.8 Å². The van der Waals surface area contributed by atoms with E-state index in [0.29, 0.717) is 24.7 Å². The number of hydrogen-bond donors (Lipinski definition) is 1. The number of nitrogens with zero attached hydrogens (tertiary/aromatic N) is 4. The van der Waals surface area contributed by atoms with Crippen molar-refractivity contribution < 1.29 is 8.42 Å². The second-order valence-corrected chi connectivity index (χ2v) is 9.29. The van der Waals surface area contributed by atoms with E-state index in [1.54, 1.807) is 12.1 Å². The molecule has 31 heavy (non-hydrogen) atoms. The summed E-state index contributed by atoms with van der Waals surface area (Å²) in [7, 11) is -2.17. The predicted molar refractivity (Wildman–Crippen MR) is 127 cm³/mol. The van der Waals surface area contributed by atoms with Crippen LogP contribution in [0.25, 0.3) is 0 Å². The lowest BCUT2D eigenvalue weighted by Gasteiger charge is -2.24. The SMILES string of the molecule is CCCN(CC)S(=O)(=O)NC(=NC)N1CC(c2ccccc2)C(c2ccc(Cl)cc2)=N1. The molecular weight excluding hydrogens is 434 g/mol. The van der Waals surface area contributed by atoms with Gasteiger partial charge in [0.1, 0.15) is 0 Å². The van der Waals surface area contributed by atoms with Crippen LogP contribution in [0.2, 0.25) is 5.02 Å². The van der Waals surface area contributed by atoms with E-state index in [1.807, 2.05) is 68.4 Å². The van der Waals surface area contributed by atoms with Crippen molar-refractivity contribution >= 4 is 33.5 Å². The molecule has 1 heterocycles. The van der Waals surface area contributed by atoms with Gasteiger partial charge < -0.3 is 0 Å². The van der Waals surface area contributed by atoms with Crippen LogP contribution >= 0.6 is 11.6 Å². The summed E-state index contributed by atoms with van der Waals surface area (Å²) in [6.45, 7) is 5.05. The molecule has 1 N–H and O–H groups in total. The number of hydrazone groups is 1. The van der Waals surface area contributed by atoms with E-state index in [0.717, 1.165) is 23.3 Å². The molecule has 7 nitrogen and oxygen atoms in total. The van der Waals surface area contributed by atoms with Crippen LogP contribution in [0.3, 0.4) is 0 Å². The summed E-state index contributed by atoms with van der Waals surface area (Å²) in [6, 6.07) is 17.5. The molecule has 0 bridgehead atoms. The molecule has 0 amide bonds. The quantitative estimate of drug-likeness (QED) is 0.504. The smallest absolute Gasteiger partial charge is 0.254 e. The van der Waals surface area contributed by atoms with Crippen molar-refractivity contribution in [1.82, 2.24) is 14.0 Å². The summed E-state index contributed by atoms with van der Waals surface area (Å²) >= 11 is 6.06. The Hall–Kier alpha value is -2.42. The van der Waals surface area contributed by atoms with Crippen LogP contribution in [0.15, 0.2) is 64.7 Å². The Morgan fingerprint density at radius 3 is 2.45 bits per heavy atom. The molecule has 0 aliphatic carbocycles. The third kappa shape index (κ3) is 5.44. The second-order valence-electron chi connectivity index (χ2n) is 7.18. The lowest BCUT2D eigenvalue weighted by molar-refractivity contribution is 0.416. The van der Waals surface area contributed by atoms with E-state index in [4.69, 9.17) is 16.7 Å². The molecule has 2 aromatic carbocycles. The zero-order valence-corrected chi connectivity index (χ0v) is 19.6. The van der Waals surface area contributed by atoms with Crippen LogP contribution in [0.5, 0.6) is 0 Å².